The first-order chi connectivity index (χ1) is 6.27. The molecule has 0 saturated carbocycles. The van der Waals surface area contributed by atoms with Crippen molar-refractivity contribution in [2.75, 3.05) is 0 Å². The summed E-state index contributed by atoms with van der Waals surface area (Å²) in [5.41, 5.74) is 1.15. The summed E-state index contributed by atoms with van der Waals surface area (Å²) in [5.74, 6) is 0. The van der Waals surface area contributed by atoms with E-state index in [4.69, 9.17) is 0 Å². The van der Waals surface area contributed by atoms with Crippen LogP contribution in [0.2, 0.25) is 0 Å². The summed E-state index contributed by atoms with van der Waals surface area (Å²) >= 11 is 5.75. The van der Waals surface area contributed by atoms with E-state index < -0.39 is 0 Å². The van der Waals surface area contributed by atoms with Crippen molar-refractivity contribution in [1.29, 1.82) is 0 Å². The van der Waals surface area contributed by atoms with Gasteiger partial charge >= 0.3 is 0 Å². The molecule has 4 heteroatoms. The summed E-state index contributed by atoms with van der Waals surface area (Å²) in [6.45, 7) is 0. The summed E-state index contributed by atoms with van der Waals surface area (Å²) < 4.78 is 4.28. The van der Waals surface area contributed by atoms with Gasteiger partial charge in [0.15, 0.2) is 0 Å². The van der Waals surface area contributed by atoms with Crippen LogP contribution in [0.5, 0.6) is 0 Å². The second-order valence-electron chi connectivity index (χ2n) is 2.57. The Balaban J connectivity index is 2.57. The molecule has 0 spiro atoms. The van der Waals surface area contributed by atoms with E-state index in [1.54, 1.807) is 12.5 Å². The standard InChI is InChI=1S/C9H6BrIN2/c10-7-1-2-8(11)9(5-7)13-4-3-12-6-13/h1-6H. The van der Waals surface area contributed by atoms with Crippen molar-refractivity contribution < 1.29 is 0 Å². The molecule has 0 atom stereocenters. The highest BCUT2D eigenvalue weighted by Crippen LogP contribution is 2.21. The zero-order chi connectivity index (χ0) is 9.26. The zero-order valence-corrected chi connectivity index (χ0v) is 10.4. The lowest BCUT2D eigenvalue weighted by Gasteiger charge is -2.04. The fourth-order valence-corrected chi connectivity index (χ4v) is 2.05. The number of hydrogen-bond donors (Lipinski definition) is 0. The largest absolute Gasteiger partial charge is 0.305 e. The van der Waals surface area contributed by atoms with Gasteiger partial charge in [-0.2, -0.15) is 0 Å². The van der Waals surface area contributed by atoms with Crippen molar-refractivity contribution >= 4 is 38.5 Å². The van der Waals surface area contributed by atoms with Gasteiger partial charge in [-0.25, -0.2) is 4.98 Å². The van der Waals surface area contributed by atoms with Gasteiger partial charge in [0.1, 0.15) is 0 Å². The topological polar surface area (TPSA) is 17.8 Å². The van der Waals surface area contributed by atoms with Crippen LogP contribution < -0.4 is 0 Å². The highest BCUT2D eigenvalue weighted by Gasteiger charge is 2.01. The molecule has 0 unspecified atom stereocenters. The van der Waals surface area contributed by atoms with Crippen molar-refractivity contribution in [3.05, 3.63) is 45.0 Å². The highest BCUT2D eigenvalue weighted by atomic mass is 127. The van der Waals surface area contributed by atoms with Crippen LogP contribution in [0.25, 0.3) is 5.69 Å². The van der Waals surface area contributed by atoms with Crippen molar-refractivity contribution in [1.82, 2.24) is 9.55 Å². The van der Waals surface area contributed by atoms with Gasteiger partial charge in [0, 0.05) is 20.4 Å². The van der Waals surface area contributed by atoms with E-state index in [0.717, 1.165) is 10.2 Å². The van der Waals surface area contributed by atoms with Gasteiger partial charge in [-0.05, 0) is 40.8 Å². The Morgan fingerprint density at radius 1 is 1.38 bits per heavy atom. The minimum atomic E-state index is 1.08. The molecule has 2 aromatic rings. The molecular formula is C9H6BrIN2. The molecule has 1 aromatic carbocycles. The molecule has 0 aliphatic rings. The van der Waals surface area contributed by atoms with E-state index in [2.05, 4.69) is 55.6 Å². The molecule has 0 radical (unpaired) electrons. The average molecular weight is 349 g/mol. The lowest BCUT2D eigenvalue weighted by molar-refractivity contribution is 1.05. The van der Waals surface area contributed by atoms with Crippen LogP contribution >= 0.6 is 38.5 Å². The molecule has 0 aliphatic carbocycles. The Labute approximate surface area is 98.3 Å². The van der Waals surface area contributed by atoms with Gasteiger partial charge in [-0.1, -0.05) is 15.9 Å². The molecule has 0 bridgehead atoms. The minimum Gasteiger partial charge on any atom is -0.305 e. The molecule has 1 heterocycles. The Kier molecular flexibility index (Phi) is 2.69. The van der Waals surface area contributed by atoms with E-state index in [0.29, 0.717) is 0 Å². The van der Waals surface area contributed by atoms with E-state index in [1.165, 1.54) is 3.57 Å². The lowest BCUT2D eigenvalue weighted by Crippen LogP contribution is -1.92. The second-order valence-corrected chi connectivity index (χ2v) is 4.64. The molecule has 1 aromatic heterocycles. The van der Waals surface area contributed by atoms with Gasteiger partial charge < -0.3 is 4.57 Å². The van der Waals surface area contributed by atoms with E-state index >= 15 is 0 Å². The van der Waals surface area contributed by atoms with E-state index in [1.807, 2.05) is 16.8 Å². The molecule has 0 aliphatic heterocycles. The normalized spacial score (nSPS) is 10.3. The monoisotopic (exact) mass is 348 g/mol. The molecule has 0 saturated heterocycles. The maximum atomic E-state index is 4.01. The fourth-order valence-electron chi connectivity index (χ4n) is 1.09. The van der Waals surface area contributed by atoms with Crippen molar-refractivity contribution in [3.63, 3.8) is 0 Å². The summed E-state index contributed by atoms with van der Waals surface area (Å²) in [6, 6.07) is 6.17. The Hall–Kier alpha value is -0.360. The molecule has 2 nitrogen and oxygen atoms in total. The first kappa shape index (κ1) is 9.21. The number of benzene rings is 1. The van der Waals surface area contributed by atoms with Crippen LogP contribution in [0.1, 0.15) is 0 Å². The SMILES string of the molecule is Brc1ccc(I)c(-n2ccnc2)c1. The summed E-state index contributed by atoms with van der Waals surface area (Å²) in [6.07, 6.45) is 5.50. The predicted octanol–water partition coefficient (Wildman–Crippen LogP) is 3.24. The number of halogens is 2. The van der Waals surface area contributed by atoms with Gasteiger partial charge in [-0.15, -0.1) is 0 Å². The molecule has 0 amide bonds. The van der Waals surface area contributed by atoms with Gasteiger partial charge in [-0.3, -0.25) is 0 Å². The van der Waals surface area contributed by atoms with Crippen LogP contribution in [0, 0.1) is 3.57 Å². The number of hydrogen-bond acceptors (Lipinski definition) is 1. The minimum absolute atomic E-state index is 1.08. The predicted molar refractivity (Wildman–Crippen MR) is 64.0 cm³/mol. The highest BCUT2D eigenvalue weighted by molar-refractivity contribution is 14.1. The second kappa shape index (κ2) is 3.79. The molecule has 0 N–H and O–H groups in total. The number of aromatic nitrogens is 2. The maximum absolute atomic E-state index is 4.01. The van der Waals surface area contributed by atoms with Crippen molar-refractivity contribution in [2.24, 2.45) is 0 Å². The van der Waals surface area contributed by atoms with Gasteiger partial charge in [0.05, 0.1) is 12.0 Å². The first-order valence-electron chi connectivity index (χ1n) is 3.71. The van der Waals surface area contributed by atoms with Crippen LogP contribution in [-0.2, 0) is 0 Å². The van der Waals surface area contributed by atoms with Gasteiger partial charge in [0.2, 0.25) is 0 Å². The van der Waals surface area contributed by atoms with Crippen molar-refractivity contribution in [2.45, 2.75) is 0 Å². The number of imidazole rings is 1. The Bertz CT molecular complexity index is 412. The third-order valence-corrected chi connectivity index (χ3v) is 3.10. The maximum Gasteiger partial charge on any atom is 0.0992 e. The zero-order valence-electron chi connectivity index (χ0n) is 6.61. The fraction of sp³-hybridized carbons (Fsp3) is 0. The Morgan fingerprint density at radius 2 is 2.23 bits per heavy atom. The molecular weight excluding hydrogens is 343 g/mol. The quantitative estimate of drug-likeness (QED) is 0.723. The summed E-state index contributed by atoms with van der Waals surface area (Å²) in [7, 11) is 0. The Morgan fingerprint density at radius 3 is 2.92 bits per heavy atom. The third kappa shape index (κ3) is 1.94. The summed E-state index contributed by atoms with van der Waals surface area (Å²) in [4.78, 5) is 4.01. The summed E-state index contributed by atoms with van der Waals surface area (Å²) in [5, 5.41) is 0. The first-order valence-corrected chi connectivity index (χ1v) is 5.58. The number of rotatable bonds is 1. The molecule has 13 heavy (non-hydrogen) atoms. The van der Waals surface area contributed by atoms with E-state index in [9.17, 15) is 0 Å². The number of nitrogens with zero attached hydrogens (tertiary/aromatic N) is 2. The molecule has 0 fully saturated rings. The van der Waals surface area contributed by atoms with Crippen molar-refractivity contribution in [3.8, 4) is 5.69 Å². The van der Waals surface area contributed by atoms with Crippen LogP contribution in [0.4, 0.5) is 0 Å². The van der Waals surface area contributed by atoms with E-state index in [-0.39, 0.29) is 0 Å². The average Bonchev–Trinajstić information content (AvgIpc) is 2.61. The lowest BCUT2D eigenvalue weighted by atomic mass is 10.3. The van der Waals surface area contributed by atoms with Gasteiger partial charge in [0.25, 0.3) is 0 Å². The van der Waals surface area contributed by atoms with Crippen LogP contribution in [-0.4, -0.2) is 9.55 Å². The molecule has 2 rings (SSSR count). The smallest absolute Gasteiger partial charge is 0.0992 e. The van der Waals surface area contributed by atoms with Crippen LogP contribution in [0.3, 0.4) is 0 Å². The van der Waals surface area contributed by atoms with Crippen LogP contribution in [0.15, 0.2) is 41.4 Å². The third-order valence-electron chi connectivity index (χ3n) is 1.69. The molecule has 66 valence electrons.